The molecule has 56 valence electrons. The van der Waals surface area contributed by atoms with Crippen molar-refractivity contribution in [2.75, 3.05) is 5.73 Å². The van der Waals surface area contributed by atoms with Crippen molar-refractivity contribution in [3.05, 3.63) is 34.9 Å². The van der Waals surface area contributed by atoms with Crippen LogP contribution >= 0.6 is 0 Å². The van der Waals surface area contributed by atoms with E-state index in [9.17, 15) is 0 Å². The lowest BCUT2D eigenvalue weighted by atomic mass is 10.0. The Labute approximate surface area is 66.5 Å². The predicted molar refractivity (Wildman–Crippen MR) is 48.3 cm³/mol. The van der Waals surface area contributed by atoms with Gasteiger partial charge in [-0.25, -0.2) is 0 Å². The monoisotopic (exact) mass is 145 g/mol. The van der Waals surface area contributed by atoms with Crippen LogP contribution in [0.4, 0.5) is 5.69 Å². The van der Waals surface area contributed by atoms with Crippen molar-refractivity contribution < 1.29 is 0 Å². The Bertz CT molecular complexity index is 324. The summed E-state index contributed by atoms with van der Waals surface area (Å²) < 4.78 is 0. The molecule has 1 aromatic carbocycles. The van der Waals surface area contributed by atoms with Crippen LogP contribution in [0.15, 0.2) is 18.2 Å². The normalized spacial score (nSPS) is 13.5. The molecular weight excluding hydrogens is 134 g/mol. The van der Waals surface area contributed by atoms with E-state index in [1.54, 1.807) is 0 Å². The number of nitrogens with two attached hydrogens (primary N) is 1. The summed E-state index contributed by atoms with van der Waals surface area (Å²) in [6, 6.07) is 4.06. The molecule has 0 fully saturated rings. The first-order valence-corrected chi connectivity index (χ1v) is 3.83. The van der Waals surface area contributed by atoms with Gasteiger partial charge in [0.05, 0.1) is 0 Å². The second-order valence-corrected chi connectivity index (χ2v) is 2.97. The molecule has 0 unspecified atom stereocenters. The van der Waals surface area contributed by atoms with Gasteiger partial charge in [-0.2, -0.15) is 0 Å². The highest BCUT2D eigenvalue weighted by atomic mass is 14.6. The standard InChI is InChI=1S/C10H11N/c1-7-5-6-10(11)9-4-2-3-8(7)9/h2,4-6H,3,11H2,1H3. The van der Waals surface area contributed by atoms with Crippen LogP contribution in [0, 0.1) is 6.92 Å². The van der Waals surface area contributed by atoms with Crippen molar-refractivity contribution in [2.24, 2.45) is 0 Å². The zero-order valence-corrected chi connectivity index (χ0v) is 6.59. The number of aryl methyl sites for hydroxylation is 1. The van der Waals surface area contributed by atoms with Crippen LogP contribution in [-0.2, 0) is 6.42 Å². The molecule has 2 rings (SSSR count). The zero-order valence-electron chi connectivity index (χ0n) is 6.59. The minimum absolute atomic E-state index is 0.902. The molecule has 0 radical (unpaired) electrons. The van der Waals surface area contributed by atoms with E-state index in [1.165, 1.54) is 16.7 Å². The van der Waals surface area contributed by atoms with Gasteiger partial charge >= 0.3 is 0 Å². The number of nitrogen functional groups attached to an aromatic ring is 1. The van der Waals surface area contributed by atoms with Crippen LogP contribution in [0.25, 0.3) is 6.08 Å². The highest BCUT2D eigenvalue weighted by Gasteiger charge is 2.09. The summed E-state index contributed by atoms with van der Waals surface area (Å²) in [5.74, 6) is 0. The Morgan fingerprint density at radius 3 is 2.91 bits per heavy atom. The maximum Gasteiger partial charge on any atom is 0.0390 e. The number of rotatable bonds is 0. The summed E-state index contributed by atoms with van der Waals surface area (Å²) in [6.45, 7) is 2.13. The van der Waals surface area contributed by atoms with E-state index in [0.717, 1.165) is 12.1 Å². The Morgan fingerprint density at radius 2 is 2.18 bits per heavy atom. The molecule has 0 bridgehead atoms. The molecule has 1 aliphatic carbocycles. The molecule has 0 saturated carbocycles. The van der Waals surface area contributed by atoms with Crippen molar-refractivity contribution >= 4 is 11.8 Å². The molecule has 2 N–H and O–H groups in total. The van der Waals surface area contributed by atoms with Crippen molar-refractivity contribution in [3.63, 3.8) is 0 Å². The quantitative estimate of drug-likeness (QED) is 0.556. The summed E-state index contributed by atoms with van der Waals surface area (Å²) in [4.78, 5) is 0. The highest BCUT2D eigenvalue weighted by molar-refractivity contribution is 5.72. The average molecular weight is 145 g/mol. The fourth-order valence-electron chi connectivity index (χ4n) is 1.55. The van der Waals surface area contributed by atoms with E-state index in [-0.39, 0.29) is 0 Å². The third-order valence-electron chi connectivity index (χ3n) is 2.23. The van der Waals surface area contributed by atoms with E-state index in [1.807, 2.05) is 6.07 Å². The second-order valence-electron chi connectivity index (χ2n) is 2.97. The van der Waals surface area contributed by atoms with Crippen LogP contribution in [0.3, 0.4) is 0 Å². The summed E-state index contributed by atoms with van der Waals surface area (Å²) in [5.41, 5.74) is 10.7. The summed E-state index contributed by atoms with van der Waals surface area (Å²) >= 11 is 0. The number of fused-ring (bicyclic) bond motifs is 1. The van der Waals surface area contributed by atoms with Gasteiger partial charge < -0.3 is 5.73 Å². The fraction of sp³-hybridized carbons (Fsp3) is 0.200. The molecular formula is C10H11N. The van der Waals surface area contributed by atoms with Gasteiger partial charge in [0.2, 0.25) is 0 Å². The van der Waals surface area contributed by atoms with E-state index in [0.29, 0.717) is 0 Å². The zero-order chi connectivity index (χ0) is 7.84. The highest BCUT2D eigenvalue weighted by Crippen LogP contribution is 2.27. The molecule has 0 saturated heterocycles. The Balaban J connectivity index is 2.71. The largest absolute Gasteiger partial charge is 0.398 e. The second kappa shape index (κ2) is 2.12. The molecule has 1 aliphatic rings. The SMILES string of the molecule is Cc1ccc(N)c2c1CC=C2. The average Bonchev–Trinajstić information content (AvgIpc) is 2.45. The minimum Gasteiger partial charge on any atom is -0.398 e. The third-order valence-corrected chi connectivity index (χ3v) is 2.23. The van der Waals surface area contributed by atoms with Gasteiger partial charge in [0.1, 0.15) is 0 Å². The molecule has 0 spiro atoms. The van der Waals surface area contributed by atoms with Gasteiger partial charge in [-0.3, -0.25) is 0 Å². The van der Waals surface area contributed by atoms with Crippen LogP contribution in [0.1, 0.15) is 16.7 Å². The molecule has 0 heterocycles. The van der Waals surface area contributed by atoms with Crippen molar-refractivity contribution in [3.8, 4) is 0 Å². The third kappa shape index (κ3) is 0.845. The van der Waals surface area contributed by atoms with E-state index in [4.69, 9.17) is 5.73 Å². The Morgan fingerprint density at radius 1 is 1.36 bits per heavy atom. The fourth-order valence-corrected chi connectivity index (χ4v) is 1.55. The lowest BCUT2D eigenvalue weighted by Crippen LogP contribution is -1.93. The summed E-state index contributed by atoms with van der Waals surface area (Å²) in [5, 5.41) is 0. The van der Waals surface area contributed by atoms with Gasteiger partial charge in [-0.15, -0.1) is 0 Å². The van der Waals surface area contributed by atoms with E-state index < -0.39 is 0 Å². The molecule has 0 atom stereocenters. The lowest BCUT2D eigenvalue weighted by molar-refractivity contribution is 1.24. The van der Waals surface area contributed by atoms with Crippen molar-refractivity contribution in [1.82, 2.24) is 0 Å². The van der Waals surface area contributed by atoms with Gasteiger partial charge in [-0.05, 0) is 30.5 Å². The first-order valence-electron chi connectivity index (χ1n) is 3.83. The molecule has 1 heteroatoms. The number of hydrogen-bond acceptors (Lipinski definition) is 1. The molecule has 1 aromatic rings. The molecule has 1 nitrogen and oxygen atoms in total. The van der Waals surface area contributed by atoms with Gasteiger partial charge in [0, 0.05) is 11.3 Å². The van der Waals surface area contributed by atoms with Gasteiger partial charge in [0.25, 0.3) is 0 Å². The van der Waals surface area contributed by atoms with Crippen LogP contribution in [0.2, 0.25) is 0 Å². The van der Waals surface area contributed by atoms with E-state index >= 15 is 0 Å². The number of benzene rings is 1. The lowest BCUT2D eigenvalue weighted by Gasteiger charge is -2.05. The number of hydrogen-bond donors (Lipinski definition) is 1. The minimum atomic E-state index is 0.902. The first kappa shape index (κ1) is 6.47. The van der Waals surface area contributed by atoms with Crippen LogP contribution in [-0.4, -0.2) is 0 Å². The van der Waals surface area contributed by atoms with E-state index in [2.05, 4.69) is 25.1 Å². The number of anilines is 1. The maximum absolute atomic E-state index is 5.79. The molecule has 11 heavy (non-hydrogen) atoms. The predicted octanol–water partition coefficient (Wildman–Crippen LogP) is 2.15. The molecule has 0 aromatic heterocycles. The molecule has 0 aliphatic heterocycles. The number of allylic oxidation sites excluding steroid dienone is 1. The van der Waals surface area contributed by atoms with Crippen molar-refractivity contribution in [1.29, 1.82) is 0 Å². The van der Waals surface area contributed by atoms with Gasteiger partial charge in [0.15, 0.2) is 0 Å². The Kier molecular flexibility index (Phi) is 1.25. The molecule has 0 amide bonds. The van der Waals surface area contributed by atoms with Crippen LogP contribution in [0.5, 0.6) is 0 Å². The summed E-state index contributed by atoms with van der Waals surface area (Å²) in [6.07, 6.45) is 5.32. The first-order chi connectivity index (χ1) is 5.29. The van der Waals surface area contributed by atoms with Crippen molar-refractivity contribution in [2.45, 2.75) is 13.3 Å². The van der Waals surface area contributed by atoms with Gasteiger partial charge in [-0.1, -0.05) is 18.2 Å². The topological polar surface area (TPSA) is 26.0 Å². The smallest absolute Gasteiger partial charge is 0.0390 e. The Hall–Kier alpha value is -1.24. The summed E-state index contributed by atoms with van der Waals surface area (Å²) in [7, 11) is 0. The maximum atomic E-state index is 5.79. The van der Waals surface area contributed by atoms with Crippen LogP contribution < -0.4 is 5.73 Å².